The summed E-state index contributed by atoms with van der Waals surface area (Å²) < 4.78 is 0. The molecule has 0 saturated heterocycles. The van der Waals surface area contributed by atoms with E-state index in [1.165, 1.54) is 0 Å². The molecule has 0 aromatic carbocycles. The van der Waals surface area contributed by atoms with Crippen LogP contribution in [0.4, 0.5) is 0 Å². The van der Waals surface area contributed by atoms with Crippen LogP contribution in [-0.4, -0.2) is 30.1 Å². The largest absolute Gasteiger partial charge is 0.391 e. The van der Waals surface area contributed by atoms with Crippen LogP contribution in [0, 0.1) is 0 Å². The number of aliphatic hydroxyl groups excluding tert-OH is 1. The van der Waals surface area contributed by atoms with Gasteiger partial charge >= 0.3 is 0 Å². The van der Waals surface area contributed by atoms with Crippen molar-refractivity contribution in [1.82, 2.24) is 5.32 Å². The van der Waals surface area contributed by atoms with Crippen LogP contribution in [-0.2, 0) is 4.79 Å². The zero-order chi connectivity index (χ0) is 8.85. The molecule has 11 heavy (non-hydrogen) atoms. The van der Waals surface area contributed by atoms with Gasteiger partial charge in [0.2, 0.25) is 0 Å². The van der Waals surface area contributed by atoms with Crippen LogP contribution >= 0.6 is 0 Å². The summed E-state index contributed by atoms with van der Waals surface area (Å²) in [6, 6.07) is -0.394. The number of carbonyl (C=O) groups excluding carboxylic acids is 1. The number of hydrogen-bond donors (Lipinski definition) is 2. The average molecular weight is 159 g/mol. The van der Waals surface area contributed by atoms with E-state index < -0.39 is 12.1 Å². The lowest BCUT2D eigenvalue weighted by Crippen LogP contribution is -2.42. The monoisotopic (exact) mass is 159 g/mol. The number of rotatable bonds is 5. The minimum Gasteiger partial charge on any atom is -0.391 e. The Bertz CT molecular complexity index is 123. The fourth-order valence-corrected chi connectivity index (χ4v) is 1.07. The molecule has 0 radical (unpaired) electrons. The predicted octanol–water partition coefficient (Wildman–Crippen LogP) is 0.324. The second-order valence-electron chi connectivity index (χ2n) is 2.72. The molecule has 0 fully saturated rings. The number of carbonyl (C=O) groups is 1. The van der Waals surface area contributed by atoms with Gasteiger partial charge in [-0.15, -0.1) is 0 Å². The van der Waals surface area contributed by atoms with E-state index in [-0.39, 0.29) is 5.78 Å². The first-order valence-electron chi connectivity index (χ1n) is 4.01. The van der Waals surface area contributed by atoms with E-state index in [1.807, 2.05) is 6.92 Å². The molecule has 0 aromatic heterocycles. The van der Waals surface area contributed by atoms with Crippen molar-refractivity contribution in [1.29, 1.82) is 0 Å². The van der Waals surface area contributed by atoms with Crippen molar-refractivity contribution in [2.45, 2.75) is 38.8 Å². The minimum atomic E-state index is -0.598. The van der Waals surface area contributed by atoms with E-state index in [9.17, 15) is 4.79 Å². The quantitative estimate of drug-likeness (QED) is 0.607. The van der Waals surface area contributed by atoms with E-state index in [0.717, 1.165) is 6.42 Å². The van der Waals surface area contributed by atoms with Crippen LogP contribution in [0.3, 0.4) is 0 Å². The third kappa shape index (κ3) is 3.49. The van der Waals surface area contributed by atoms with Gasteiger partial charge in [0.05, 0.1) is 12.1 Å². The van der Waals surface area contributed by atoms with Crippen LogP contribution < -0.4 is 5.32 Å². The summed E-state index contributed by atoms with van der Waals surface area (Å²) in [5.74, 6) is 0.0880. The van der Waals surface area contributed by atoms with Gasteiger partial charge in [-0.1, -0.05) is 6.92 Å². The van der Waals surface area contributed by atoms with Gasteiger partial charge in [0.1, 0.15) is 0 Å². The highest BCUT2D eigenvalue weighted by molar-refractivity contribution is 5.84. The van der Waals surface area contributed by atoms with E-state index >= 15 is 0 Å². The molecular formula is C8H17NO2. The zero-order valence-electron chi connectivity index (χ0n) is 7.42. The van der Waals surface area contributed by atoms with Crippen LogP contribution in [0.1, 0.15) is 26.7 Å². The van der Waals surface area contributed by atoms with Gasteiger partial charge < -0.3 is 10.4 Å². The summed E-state index contributed by atoms with van der Waals surface area (Å²) in [5.41, 5.74) is 0. The van der Waals surface area contributed by atoms with Crippen molar-refractivity contribution in [2.75, 3.05) is 7.05 Å². The van der Waals surface area contributed by atoms with Gasteiger partial charge in [0.15, 0.2) is 5.78 Å². The normalized spacial score (nSPS) is 16.0. The van der Waals surface area contributed by atoms with Crippen molar-refractivity contribution in [3.63, 3.8) is 0 Å². The van der Waals surface area contributed by atoms with Crippen LogP contribution in [0.2, 0.25) is 0 Å². The lowest BCUT2D eigenvalue weighted by molar-refractivity contribution is -0.123. The Kier molecular flexibility index (Phi) is 5.07. The Hall–Kier alpha value is -0.410. The zero-order valence-corrected chi connectivity index (χ0v) is 7.42. The molecule has 0 aliphatic rings. The maximum Gasteiger partial charge on any atom is 0.152 e. The molecule has 0 aromatic rings. The molecule has 0 spiro atoms. The number of likely N-dealkylation sites (N-methyl/N-ethyl adjacent to an activating group) is 1. The summed E-state index contributed by atoms with van der Waals surface area (Å²) in [6.45, 7) is 3.57. The summed E-state index contributed by atoms with van der Waals surface area (Å²) in [6.07, 6.45) is 0.777. The SMILES string of the molecule is CCCC(=O)[C@@H](NC)[C@@H](C)O. The average Bonchev–Trinajstić information content (AvgIpc) is 1.88. The smallest absolute Gasteiger partial charge is 0.152 e. The van der Waals surface area contributed by atoms with E-state index in [2.05, 4.69) is 5.32 Å². The molecule has 2 N–H and O–H groups in total. The predicted molar refractivity (Wildman–Crippen MR) is 44.4 cm³/mol. The molecule has 0 aliphatic carbocycles. The molecule has 3 nitrogen and oxygen atoms in total. The van der Waals surface area contributed by atoms with E-state index in [4.69, 9.17) is 5.11 Å². The summed E-state index contributed by atoms with van der Waals surface area (Å²) in [7, 11) is 1.69. The van der Waals surface area contributed by atoms with Crippen molar-refractivity contribution in [3.8, 4) is 0 Å². The van der Waals surface area contributed by atoms with Gasteiger partial charge in [-0.05, 0) is 20.4 Å². The fraction of sp³-hybridized carbons (Fsp3) is 0.875. The third-order valence-electron chi connectivity index (χ3n) is 1.64. The molecule has 0 saturated carbocycles. The standard InChI is InChI=1S/C8H17NO2/c1-4-5-7(11)8(9-3)6(2)10/h6,8-10H,4-5H2,1-3H3/t6-,8+/m1/s1. The number of aliphatic hydroxyl groups is 1. The Morgan fingerprint density at radius 3 is 2.45 bits per heavy atom. The Morgan fingerprint density at radius 1 is 1.64 bits per heavy atom. The number of hydrogen-bond acceptors (Lipinski definition) is 3. The molecule has 0 unspecified atom stereocenters. The van der Waals surface area contributed by atoms with Crippen molar-refractivity contribution in [3.05, 3.63) is 0 Å². The van der Waals surface area contributed by atoms with E-state index in [1.54, 1.807) is 14.0 Å². The molecule has 0 heterocycles. The summed E-state index contributed by atoms with van der Waals surface area (Å²) >= 11 is 0. The van der Waals surface area contributed by atoms with Gasteiger partial charge in [-0.2, -0.15) is 0 Å². The lowest BCUT2D eigenvalue weighted by atomic mass is 10.0. The third-order valence-corrected chi connectivity index (χ3v) is 1.64. The molecule has 0 aliphatic heterocycles. The molecule has 0 rings (SSSR count). The maximum absolute atomic E-state index is 11.2. The Balaban J connectivity index is 3.92. The number of nitrogens with one attached hydrogen (secondary N) is 1. The first-order chi connectivity index (χ1) is 5.13. The van der Waals surface area contributed by atoms with Crippen molar-refractivity contribution >= 4 is 5.78 Å². The van der Waals surface area contributed by atoms with Gasteiger partial charge in [0, 0.05) is 6.42 Å². The van der Waals surface area contributed by atoms with Crippen LogP contribution in [0.25, 0.3) is 0 Å². The Morgan fingerprint density at radius 2 is 2.18 bits per heavy atom. The molecular weight excluding hydrogens is 142 g/mol. The minimum absolute atomic E-state index is 0.0880. The molecule has 2 atom stereocenters. The first-order valence-corrected chi connectivity index (χ1v) is 4.01. The highest BCUT2D eigenvalue weighted by Crippen LogP contribution is 1.99. The van der Waals surface area contributed by atoms with Gasteiger partial charge in [-0.3, -0.25) is 4.79 Å². The molecule has 0 bridgehead atoms. The van der Waals surface area contributed by atoms with Gasteiger partial charge in [-0.25, -0.2) is 0 Å². The fourth-order valence-electron chi connectivity index (χ4n) is 1.07. The van der Waals surface area contributed by atoms with Crippen LogP contribution in [0.15, 0.2) is 0 Å². The molecule has 0 amide bonds. The summed E-state index contributed by atoms with van der Waals surface area (Å²) in [5, 5.41) is 11.9. The topological polar surface area (TPSA) is 49.3 Å². The molecule has 66 valence electrons. The van der Waals surface area contributed by atoms with Crippen molar-refractivity contribution < 1.29 is 9.90 Å². The summed E-state index contributed by atoms with van der Waals surface area (Å²) in [4.78, 5) is 11.2. The first kappa shape index (κ1) is 10.6. The maximum atomic E-state index is 11.2. The highest BCUT2D eigenvalue weighted by atomic mass is 16.3. The second kappa shape index (κ2) is 5.27. The van der Waals surface area contributed by atoms with Crippen LogP contribution in [0.5, 0.6) is 0 Å². The number of ketones is 1. The Labute approximate surface area is 67.8 Å². The highest BCUT2D eigenvalue weighted by Gasteiger charge is 2.19. The molecule has 3 heteroatoms. The lowest BCUT2D eigenvalue weighted by Gasteiger charge is -2.16. The number of Topliss-reactive ketones (excluding diaryl/α,β-unsaturated/α-hetero) is 1. The van der Waals surface area contributed by atoms with Crippen molar-refractivity contribution in [2.24, 2.45) is 0 Å². The van der Waals surface area contributed by atoms with Gasteiger partial charge in [0.25, 0.3) is 0 Å². The second-order valence-corrected chi connectivity index (χ2v) is 2.72. The van der Waals surface area contributed by atoms with E-state index in [0.29, 0.717) is 6.42 Å².